The van der Waals surface area contributed by atoms with Crippen LogP contribution in [0.25, 0.3) is 0 Å². The highest BCUT2D eigenvalue weighted by molar-refractivity contribution is 5.93. The third-order valence-electron chi connectivity index (χ3n) is 4.32. The number of carbonyl (C=O) groups is 1. The largest absolute Gasteiger partial charge is 0.497 e. The van der Waals surface area contributed by atoms with Crippen LogP contribution in [0.1, 0.15) is 34.5 Å². The van der Waals surface area contributed by atoms with Gasteiger partial charge in [0.15, 0.2) is 5.76 Å². The van der Waals surface area contributed by atoms with Crippen LogP contribution >= 0.6 is 0 Å². The van der Waals surface area contributed by atoms with Gasteiger partial charge in [-0.15, -0.1) is 0 Å². The molecule has 1 atom stereocenters. The van der Waals surface area contributed by atoms with Crippen LogP contribution < -0.4 is 4.74 Å². The van der Waals surface area contributed by atoms with E-state index in [0.29, 0.717) is 5.76 Å². The minimum Gasteiger partial charge on any atom is -0.497 e. The molecule has 0 aliphatic carbocycles. The van der Waals surface area contributed by atoms with Crippen molar-refractivity contribution in [1.29, 1.82) is 0 Å². The van der Waals surface area contributed by atoms with Crippen molar-refractivity contribution in [3.8, 4) is 5.75 Å². The molecule has 1 fully saturated rings. The lowest BCUT2D eigenvalue weighted by Crippen LogP contribution is -2.36. The van der Waals surface area contributed by atoms with Crippen molar-refractivity contribution in [3.63, 3.8) is 0 Å². The summed E-state index contributed by atoms with van der Waals surface area (Å²) in [6, 6.07) is 10.1. The fourth-order valence-corrected chi connectivity index (χ4v) is 3.07. The molecule has 116 valence electrons. The van der Waals surface area contributed by atoms with Gasteiger partial charge < -0.3 is 14.1 Å². The predicted octanol–water partition coefficient (Wildman–Crippen LogP) is 3.44. The van der Waals surface area contributed by atoms with Crippen LogP contribution in [0.5, 0.6) is 5.75 Å². The number of nitrogens with zero attached hydrogens (tertiary/aromatic N) is 1. The van der Waals surface area contributed by atoms with Gasteiger partial charge in [0.25, 0.3) is 5.91 Å². The summed E-state index contributed by atoms with van der Waals surface area (Å²) in [6.07, 6.45) is 4.54. The Bertz CT molecular complexity index is 645. The Labute approximate surface area is 130 Å². The third-order valence-corrected chi connectivity index (χ3v) is 4.32. The molecule has 2 aromatic rings. The summed E-state index contributed by atoms with van der Waals surface area (Å²) in [4.78, 5) is 14.6. The molecule has 1 aromatic heterocycles. The van der Waals surface area contributed by atoms with Crippen LogP contribution in [0.3, 0.4) is 0 Å². The van der Waals surface area contributed by atoms with E-state index in [2.05, 4.69) is 12.1 Å². The maximum Gasteiger partial charge on any atom is 0.290 e. The molecule has 0 radical (unpaired) electrons. The summed E-state index contributed by atoms with van der Waals surface area (Å²) >= 11 is 0. The summed E-state index contributed by atoms with van der Waals surface area (Å²) < 4.78 is 10.5. The van der Waals surface area contributed by atoms with Crippen LogP contribution in [-0.2, 0) is 6.42 Å². The molecule has 1 aliphatic heterocycles. The Morgan fingerprint density at radius 1 is 1.32 bits per heavy atom. The number of likely N-dealkylation sites (tertiary alicyclic amines) is 1. The number of ether oxygens (including phenoxy) is 1. The first-order chi connectivity index (χ1) is 10.7. The van der Waals surface area contributed by atoms with E-state index >= 15 is 0 Å². The molecule has 4 nitrogen and oxygen atoms in total. The zero-order valence-corrected chi connectivity index (χ0v) is 13.0. The standard InChI is InChI=1S/C18H21NO3/c1-13-9-11-22-17(13)18(20)19-10-3-4-15(19)12-14-5-7-16(21-2)8-6-14/h5-9,11,15H,3-4,10,12H2,1-2H3/t15-/m0/s1. The average molecular weight is 299 g/mol. The average Bonchev–Trinajstić information content (AvgIpc) is 3.16. The van der Waals surface area contributed by atoms with E-state index in [-0.39, 0.29) is 11.9 Å². The number of amides is 1. The molecule has 1 amide bonds. The number of aryl methyl sites for hydroxylation is 1. The second-order valence-corrected chi connectivity index (χ2v) is 5.78. The molecule has 1 saturated heterocycles. The first-order valence-electron chi connectivity index (χ1n) is 7.67. The van der Waals surface area contributed by atoms with Gasteiger partial charge in [0.2, 0.25) is 0 Å². The van der Waals surface area contributed by atoms with Gasteiger partial charge >= 0.3 is 0 Å². The van der Waals surface area contributed by atoms with E-state index < -0.39 is 0 Å². The van der Waals surface area contributed by atoms with E-state index in [9.17, 15) is 4.79 Å². The van der Waals surface area contributed by atoms with Gasteiger partial charge in [-0.3, -0.25) is 4.79 Å². The van der Waals surface area contributed by atoms with Crippen molar-refractivity contribution >= 4 is 5.91 Å². The Morgan fingerprint density at radius 2 is 2.09 bits per heavy atom. The summed E-state index contributed by atoms with van der Waals surface area (Å²) in [5, 5.41) is 0. The number of methoxy groups -OCH3 is 1. The van der Waals surface area contributed by atoms with E-state index in [1.807, 2.05) is 30.0 Å². The van der Waals surface area contributed by atoms with Crippen LogP contribution in [-0.4, -0.2) is 30.5 Å². The molecule has 0 bridgehead atoms. The first kappa shape index (κ1) is 14.7. The quantitative estimate of drug-likeness (QED) is 0.868. The van der Waals surface area contributed by atoms with Crippen molar-refractivity contribution < 1.29 is 13.9 Å². The van der Waals surface area contributed by atoms with Crippen molar-refractivity contribution in [1.82, 2.24) is 4.90 Å². The molecular formula is C18H21NO3. The van der Waals surface area contributed by atoms with E-state index in [0.717, 1.165) is 37.1 Å². The molecule has 0 saturated carbocycles. The van der Waals surface area contributed by atoms with Gasteiger partial charge in [0.1, 0.15) is 5.75 Å². The Morgan fingerprint density at radius 3 is 2.73 bits per heavy atom. The highest BCUT2D eigenvalue weighted by atomic mass is 16.5. The predicted molar refractivity (Wildman–Crippen MR) is 84.2 cm³/mol. The molecule has 4 heteroatoms. The lowest BCUT2D eigenvalue weighted by Gasteiger charge is -2.24. The zero-order chi connectivity index (χ0) is 15.5. The SMILES string of the molecule is COc1ccc(C[C@@H]2CCCN2C(=O)c2occc2C)cc1. The van der Waals surface area contributed by atoms with Crippen molar-refractivity contribution in [3.05, 3.63) is 53.5 Å². The van der Waals surface area contributed by atoms with Gasteiger partial charge in [-0.1, -0.05) is 12.1 Å². The van der Waals surface area contributed by atoms with Crippen LogP contribution in [0.15, 0.2) is 41.0 Å². The van der Waals surface area contributed by atoms with Crippen molar-refractivity contribution in [2.45, 2.75) is 32.2 Å². The topological polar surface area (TPSA) is 42.7 Å². The van der Waals surface area contributed by atoms with Crippen LogP contribution in [0.4, 0.5) is 0 Å². The Balaban J connectivity index is 1.72. The first-order valence-corrected chi connectivity index (χ1v) is 7.67. The summed E-state index contributed by atoms with van der Waals surface area (Å²) in [5.41, 5.74) is 2.13. The monoisotopic (exact) mass is 299 g/mol. The van der Waals surface area contributed by atoms with Gasteiger partial charge in [0.05, 0.1) is 13.4 Å². The zero-order valence-electron chi connectivity index (χ0n) is 13.0. The molecule has 1 aromatic carbocycles. The summed E-state index contributed by atoms with van der Waals surface area (Å²) in [5.74, 6) is 1.34. The fourth-order valence-electron chi connectivity index (χ4n) is 3.07. The molecule has 1 aliphatic rings. The van der Waals surface area contributed by atoms with Crippen LogP contribution in [0, 0.1) is 6.92 Å². The molecule has 2 heterocycles. The number of benzene rings is 1. The fraction of sp³-hybridized carbons (Fsp3) is 0.389. The van der Waals surface area contributed by atoms with Crippen molar-refractivity contribution in [2.75, 3.05) is 13.7 Å². The maximum absolute atomic E-state index is 12.6. The molecule has 0 spiro atoms. The smallest absolute Gasteiger partial charge is 0.290 e. The number of furan rings is 1. The van der Waals surface area contributed by atoms with E-state index in [4.69, 9.17) is 9.15 Å². The highest BCUT2D eigenvalue weighted by Gasteiger charge is 2.31. The number of hydrogen-bond acceptors (Lipinski definition) is 3. The van der Waals surface area contributed by atoms with Crippen LogP contribution in [0.2, 0.25) is 0 Å². The lowest BCUT2D eigenvalue weighted by atomic mass is 10.0. The number of rotatable bonds is 4. The van der Waals surface area contributed by atoms with E-state index in [1.165, 1.54) is 5.56 Å². The molecule has 22 heavy (non-hydrogen) atoms. The lowest BCUT2D eigenvalue weighted by molar-refractivity contribution is 0.0703. The minimum atomic E-state index is 0.0125. The summed E-state index contributed by atoms with van der Waals surface area (Å²) in [6.45, 7) is 2.71. The van der Waals surface area contributed by atoms with Gasteiger partial charge in [-0.05, 0) is 49.9 Å². The van der Waals surface area contributed by atoms with E-state index in [1.54, 1.807) is 13.4 Å². The third kappa shape index (κ3) is 2.86. The Kier molecular flexibility index (Phi) is 4.18. The second kappa shape index (κ2) is 6.26. The second-order valence-electron chi connectivity index (χ2n) is 5.78. The number of carbonyl (C=O) groups excluding carboxylic acids is 1. The molecule has 0 N–H and O–H groups in total. The van der Waals surface area contributed by atoms with Gasteiger partial charge in [-0.25, -0.2) is 0 Å². The molecular weight excluding hydrogens is 278 g/mol. The normalized spacial score (nSPS) is 17.7. The van der Waals surface area contributed by atoms with Gasteiger partial charge in [-0.2, -0.15) is 0 Å². The van der Waals surface area contributed by atoms with Gasteiger partial charge in [0, 0.05) is 18.2 Å². The Hall–Kier alpha value is -2.23. The number of hydrogen-bond donors (Lipinski definition) is 0. The molecule has 3 rings (SSSR count). The highest BCUT2D eigenvalue weighted by Crippen LogP contribution is 2.25. The molecule has 0 unspecified atom stereocenters. The summed E-state index contributed by atoms with van der Waals surface area (Å²) in [7, 11) is 1.66. The minimum absolute atomic E-state index is 0.0125. The van der Waals surface area contributed by atoms with Crippen molar-refractivity contribution in [2.24, 2.45) is 0 Å². The maximum atomic E-state index is 12.6.